The Kier molecular flexibility index (Phi) is 41.7. The molecule has 2 atom stereocenters. The molecule has 3 N–H and O–H groups in total. The topological polar surface area (TPSA) is 140 Å². The lowest BCUT2D eigenvalue weighted by Crippen LogP contribution is -2.29. The minimum absolute atomic E-state index is 0.0867. The van der Waals surface area contributed by atoms with Gasteiger partial charge in [0, 0.05) is 12.8 Å². The molecule has 0 aromatic rings. The van der Waals surface area contributed by atoms with Crippen LogP contribution in [0.15, 0.2) is 72.9 Å². The quantitative estimate of drug-likeness (QED) is 0.0180. The van der Waals surface area contributed by atoms with Gasteiger partial charge < -0.3 is 24.4 Å². The first kappa shape index (κ1) is 56.5. The van der Waals surface area contributed by atoms with Gasteiger partial charge in [0.1, 0.15) is 6.61 Å². The summed E-state index contributed by atoms with van der Waals surface area (Å²) in [5.74, 6) is -1.16. The Morgan fingerprint density at radius 2 is 0.949 bits per heavy atom. The summed E-state index contributed by atoms with van der Waals surface area (Å²) in [5.41, 5.74) is 0. The number of aliphatic hydroxyl groups is 1. The first-order valence-corrected chi connectivity index (χ1v) is 24.9. The number of carbonyl (C=O) groups is 2. The number of aliphatic hydroxyl groups excluding tert-OH is 1. The predicted molar refractivity (Wildman–Crippen MR) is 245 cm³/mol. The van der Waals surface area contributed by atoms with Gasteiger partial charge in [-0.15, -0.1) is 0 Å². The third kappa shape index (κ3) is 46.4. The SMILES string of the molecule is CC/C=C\C/C=C\C/C=C\C/C=C\C/C=C\C=C/C(O)CCC(=O)OC[C@H](COP(=O)(O)O)OC(=O)CCCCCCCCCCCCCCCCCCCCCCC. The van der Waals surface area contributed by atoms with Crippen LogP contribution in [0, 0.1) is 0 Å². The first-order chi connectivity index (χ1) is 28.7. The molecular weight excluding hydrogens is 764 g/mol. The fourth-order valence-electron chi connectivity index (χ4n) is 6.37. The molecule has 10 heteroatoms. The third-order valence-electron chi connectivity index (χ3n) is 9.86. The molecule has 0 saturated carbocycles. The molecule has 340 valence electrons. The van der Waals surface area contributed by atoms with E-state index in [4.69, 9.17) is 19.3 Å². The van der Waals surface area contributed by atoms with Gasteiger partial charge in [0.25, 0.3) is 0 Å². The van der Waals surface area contributed by atoms with Crippen LogP contribution in [0.25, 0.3) is 0 Å². The zero-order chi connectivity index (χ0) is 43.3. The van der Waals surface area contributed by atoms with Gasteiger partial charge in [-0.2, -0.15) is 0 Å². The summed E-state index contributed by atoms with van der Waals surface area (Å²) in [7, 11) is -4.82. The molecule has 0 aliphatic carbocycles. The maximum Gasteiger partial charge on any atom is 0.469 e. The zero-order valence-electron chi connectivity index (χ0n) is 37.2. The molecule has 0 aliphatic heterocycles. The molecule has 0 saturated heterocycles. The van der Waals surface area contributed by atoms with Crippen LogP contribution in [0.1, 0.15) is 200 Å². The molecule has 0 radical (unpaired) electrons. The molecule has 0 aromatic carbocycles. The highest BCUT2D eigenvalue weighted by Crippen LogP contribution is 2.36. The standard InChI is InChI=1S/C49H85O9P/c1-3-5-7-9-11-13-15-17-19-21-22-23-24-25-27-29-31-33-35-37-39-41-49(52)58-47(45-57-59(53,54)55)44-56-48(51)43-42-46(50)40-38-36-34-32-30-28-26-20-18-16-14-12-10-8-6-4-2/h6,8,12,14,18,20,28,30,34,36,38,40,46-47,50H,3-5,7,9-11,13,15-17,19,21-27,29,31-33,35,37,39,41-45H2,1-2H3,(H2,53,54,55)/b8-6-,14-12-,20-18-,30-28-,36-34-,40-38-/t46?,47-/m1/s1. The molecule has 1 unspecified atom stereocenters. The predicted octanol–water partition coefficient (Wildman–Crippen LogP) is 13.6. The van der Waals surface area contributed by atoms with Crippen LogP contribution >= 0.6 is 7.82 Å². The Hall–Kier alpha value is -2.55. The number of ether oxygens (including phenoxy) is 2. The van der Waals surface area contributed by atoms with Gasteiger partial charge in [-0.25, -0.2) is 4.57 Å². The number of allylic oxidation sites excluding steroid dienone is 11. The number of carbonyl (C=O) groups excluding carboxylic acids is 2. The van der Waals surface area contributed by atoms with E-state index < -0.39 is 45.2 Å². The number of phosphoric acid groups is 1. The van der Waals surface area contributed by atoms with Gasteiger partial charge in [0.2, 0.25) is 0 Å². The summed E-state index contributed by atoms with van der Waals surface area (Å²) in [4.78, 5) is 43.0. The lowest BCUT2D eigenvalue weighted by Gasteiger charge is -2.18. The van der Waals surface area contributed by atoms with Crippen molar-refractivity contribution in [2.45, 2.75) is 212 Å². The fraction of sp³-hybridized carbons (Fsp3) is 0.714. The van der Waals surface area contributed by atoms with Crippen LogP contribution in [0.2, 0.25) is 0 Å². The van der Waals surface area contributed by atoms with Gasteiger partial charge in [0.15, 0.2) is 6.10 Å². The minimum Gasteiger partial charge on any atom is -0.462 e. The highest BCUT2D eigenvalue weighted by atomic mass is 31.2. The summed E-state index contributed by atoms with van der Waals surface area (Å²) >= 11 is 0. The third-order valence-corrected chi connectivity index (χ3v) is 10.3. The molecule has 9 nitrogen and oxygen atoms in total. The Balaban J connectivity index is 4.05. The van der Waals surface area contributed by atoms with E-state index in [-0.39, 0.29) is 19.3 Å². The number of esters is 2. The van der Waals surface area contributed by atoms with E-state index in [1.807, 2.05) is 12.2 Å². The monoisotopic (exact) mass is 849 g/mol. The number of hydrogen-bond acceptors (Lipinski definition) is 7. The summed E-state index contributed by atoms with van der Waals surface area (Å²) in [6.07, 6.45) is 53.9. The van der Waals surface area contributed by atoms with Crippen LogP contribution in [-0.4, -0.2) is 52.3 Å². The van der Waals surface area contributed by atoms with E-state index in [2.05, 4.69) is 67.0 Å². The lowest BCUT2D eigenvalue weighted by atomic mass is 10.0. The van der Waals surface area contributed by atoms with Crippen molar-refractivity contribution in [1.82, 2.24) is 0 Å². The Bertz CT molecular complexity index is 1200. The molecule has 0 spiro atoms. The lowest BCUT2D eigenvalue weighted by molar-refractivity contribution is -0.161. The minimum atomic E-state index is -4.82. The van der Waals surface area contributed by atoms with Crippen molar-refractivity contribution in [3.05, 3.63) is 72.9 Å². The number of rotatable bonds is 42. The number of hydrogen-bond donors (Lipinski definition) is 3. The van der Waals surface area contributed by atoms with Gasteiger partial charge in [0.05, 0.1) is 12.7 Å². The van der Waals surface area contributed by atoms with E-state index in [9.17, 15) is 19.3 Å². The second-order valence-electron chi connectivity index (χ2n) is 15.6. The molecule has 0 heterocycles. The van der Waals surface area contributed by atoms with Crippen molar-refractivity contribution in [3.8, 4) is 0 Å². The zero-order valence-corrected chi connectivity index (χ0v) is 38.1. The van der Waals surface area contributed by atoms with Crippen LogP contribution in [0.4, 0.5) is 0 Å². The summed E-state index contributed by atoms with van der Waals surface area (Å²) in [6.45, 7) is 3.38. The number of phosphoric ester groups is 1. The Morgan fingerprint density at radius 3 is 1.39 bits per heavy atom. The van der Waals surface area contributed by atoms with Crippen molar-refractivity contribution >= 4 is 19.8 Å². The fourth-order valence-corrected chi connectivity index (χ4v) is 6.73. The van der Waals surface area contributed by atoms with Crippen molar-refractivity contribution in [1.29, 1.82) is 0 Å². The summed E-state index contributed by atoms with van der Waals surface area (Å²) in [6, 6.07) is 0. The molecule has 0 fully saturated rings. The average molecular weight is 849 g/mol. The largest absolute Gasteiger partial charge is 0.469 e. The second-order valence-corrected chi connectivity index (χ2v) is 16.8. The average Bonchev–Trinajstić information content (AvgIpc) is 3.21. The van der Waals surface area contributed by atoms with Crippen molar-refractivity contribution in [2.24, 2.45) is 0 Å². The van der Waals surface area contributed by atoms with Crippen molar-refractivity contribution in [3.63, 3.8) is 0 Å². The van der Waals surface area contributed by atoms with Crippen LogP contribution < -0.4 is 0 Å². The first-order valence-electron chi connectivity index (χ1n) is 23.3. The Morgan fingerprint density at radius 1 is 0.525 bits per heavy atom. The van der Waals surface area contributed by atoms with Gasteiger partial charge in [-0.3, -0.25) is 14.1 Å². The molecule has 0 aromatic heterocycles. The van der Waals surface area contributed by atoms with Crippen LogP contribution in [0.3, 0.4) is 0 Å². The maximum absolute atomic E-state index is 12.5. The molecule has 0 rings (SSSR count). The number of unbranched alkanes of at least 4 members (excludes halogenated alkanes) is 20. The van der Waals surface area contributed by atoms with Gasteiger partial charge in [-0.1, -0.05) is 215 Å². The maximum atomic E-state index is 12.5. The van der Waals surface area contributed by atoms with E-state index >= 15 is 0 Å². The highest BCUT2D eigenvalue weighted by molar-refractivity contribution is 7.46. The van der Waals surface area contributed by atoms with Crippen molar-refractivity contribution < 1.29 is 43.0 Å². The van der Waals surface area contributed by atoms with Crippen LogP contribution in [-0.2, 0) is 28.2 Å². The van der Waals surface area contributed by atoms with E-state index in [0.29, 0.717) is 6.42 Å². The van der Waals surface area contributed by atoms with Crippen molar-refractivity contribution in [2.75, 3.05) is 13.2 Å². The van der Waals surface area contributed by atoms with Crippen LogP contribution in [0.5, 0.6) is 0 Å². The molecular formula is C49H85O9P. The molecule has 0 aliphatic rings. The smallest absolute Gasteiger partial charge is 0.462 e. The van der Waals surface area contributed by atoms with E-state index in [1.165, 1.54) is 109 Å². The molecule has 0 bridgehead atoms. The molecule has 59 heavy (non-hydrogen) atoms. The summed E-state index contributed by atoms with van der Waals surface area (Å²) < 4.78 is 26.3. The second kappa shape index (κ2) is 43.5. The summed E-state index contributed by atoms with van der Waals surface area (Å²) in [5, 5.41) is 10.2. The van der Waals surface area contributed by atoms with Gasteiger partial charge in [-0.05, 0) is 44.9 Å². The van der Waals surface area contributed by atoms with Gasteiger partial charge >= 0.3 is 19.8 Å². The van der Waals surface area contributed by atoms with E-state index in [0.717, 1.165) is 51.4 Å². The Labute approximate surface area is 360 Å². The highest BCUT2D eigenvalue weighted by Gasteiger charge is 2.23. The normalized spacial score (nSPS) is 13.6. The molecule has 0 amide bonds. The van der Waals surface area contributed by atoms with E-state index in [1.54, 1.807) is 12.2 Å².